The van der Waals surface area contributed by atoms with E-state index in [0.29, 0.717) is 18.1 Å². The zero-order valence-electron chi connectivity index (χ0n) is 15.8. The molecule has 0 unspecified atom stereocenters. The molecule has 0 atom stereocenters. The van der Waals surface area contributed by atoms with E-state index in [9.17, 15) is 10.2 Å². The van der Waals surface area contributed by atoms with Crippen LogP contribution in [0.25, 0.3) is 17.0 Å². The second-order valence-electron chi connectivity index (χ2n) is 6.66. The lowest BCUT2D eigenvalue weighted by atomic mass is 10.1. The summed E-state index contributed by atoms with van der Waals surface area (Å²) in [7, 11) is 0. The number of hydrogen-bond acceptors (Lipinski definition) is 4. The molecule has 4 nitrogen and oxygen atoms in total. The lowest BCUT2D eigenvalue weighted by molar-refractivity contribution is -0.672. The van der Waals surface area contributed by atoms with Gasteiger partial charge in [-0.25, -0.2) is 0 Å². The number of benzene rings is 2. The molecule has 3 aromatic rings. The SMILES string of the molecule is OCCN1/C(=C/C=C/c2cc[n+](CCO)c3ccccc23)Sc2ccc(Cl)cc21. The second-order valence-corrected chi connectivity index (χ2v) is 8.16. The van der Waals surface area contributed by atoms with Crippen LogP contribution in [-0.2, 0) is 6.54 Å². The van der Waals surface area contributed by atoms with Crippen LogP contribution >= 0.6 is 23.4 Å². The summed E-state index contributed by atoms with van der Waals surface area (Å²) in [6, 6.07) is 16.1. The molecule has 0 radical (unpaired) electrons. The average molecular weight is 426 g/mol. The summed E-state index contributed by atoms with van der Waals surface area (Å²) in [6.45, 7) is 1.28. The molecule has 1 aromatic heterocycles. The molecule has 0 spiro atoms. The second kappa shape index (κ2) is 9.01. The molecule has 0 fully saturated rings. The number of aliphatic hydroxyl groups is 2. The lowest BCUT2D eigenvalue weighted by Gasteiger charge is -2.18. The number of hydrogen-bond donors (Lipinski definition) is 2. The van der Waals surface area contributed by atoms with Gasteiger partial charge in [-0.2, -0.15) is 4.57 Å². The summed E-state index contributed by atoms with van der Waals surface area (Å²) in [5.74, 6) is 0. The van der Waals surface area contributed by atoms with Gasteiger partial charge in [0.15, 0.2) is 12.7 Å². The summed E-state index contributed by atoms with van der Waals surface area (Å²) in [6.07, 6.45) is 8.20. The zero-order chi connectivity index (χ0) is 20.2. The van der Waals surface area contributed by atoms with E-state index in [1.54, 1.807) is 11.8 Å². The molecule has 0 bridgehead atoms. The van der Waals surface area contributed by atoms with Gasteiger partial charge in [-0.1, -0.05) is 47.6 Å². The molecule has 0 saturated heterocycles. The van der Waals surface area contributed by atoms with E-state index >= 15 is 0 Å². The van der Waals surface area contributed by atoms with Crippen LogP contribution in [0.3, 0.4) is 0 Å². The maximum atomic E-state index is 9.48. The van der Waals surface area contributed by atoms with Crippen molar-refractivity contribution in [3.8, 4) is 0 Å². The van der Waals surface area contributed by atoms with Crippen LogP contribution in [0, 0.1) is 0 Å². The number of anilines is 1. The van der Waals surface area contributed by atoms with Crippen LogP contribution in [0.1, 0.15) is 5.56 Å². The van der Waals surface area contributed by atoms with Gasteiger partial charge in [0.25, 0.3) is 0 Å². The predicted octanol–water partition coefficient (Wildman–Crippen LogP) is 4.23. The van der Waals surface area contributed by atoms with Gasteiger partial charge in [0.05, 0.1) is 22.7 Å². The van der Waals surface area contributed by atoms with Crippen molar-refractivity contribution in [2.75, 3.05) is 24.7 Å². The van der Waals surface area contributed by atoms with Crippen LogP contribution in [0.15, 0.2) is 76.8 Å². The van der Waals surface area contributed by atoms with Crippen LogP contribution in [-0.4, -0.2) is 30.0 Å². The first kappa shape index (κ1) is 20.0. The van der Waals surface area contributed by atoms with Gasteiger partial charge >= 0.3 is 0 Å². The molecule has 2 aromatic carbocycles. The number of fused-ring (bicyclic) bond motifs is 2. The topological polar surface area (TPSA) is 47.6 Å². The predicted molar refractivity (Wildman–Crippen MR) is 120 cm³/mol. The maximum absolute atomic E-state index is 9.48. The van der Waals surface area contributed by atoms with Crippen LogP contribution in [0.4, 0.5) is 5.69 Å². The molecular formula is C23H22ClN2O2S+. The Kier molecular flexibility index (Phi) is 6.21. The van der Waals surface area contributed by atoms with Gasteiger partial charge < -0.3 is 15.1 Å². The number of thioether (sulfide) groups is 1. The number of β-amino-alcohol motifs (C(OH)–C–C–N with tert-alkyl or cyclic N) is 1. The molecule has 1 aliphatic heterocycles. The van der Waals surface area contributed by atoms with E-state index in [0.717, 1.165) is 32.1 Å². The Labute approximate surface area is 179 Å². The number of rotatable bonds is 6. The number of pyridine rings is 1. The minimum Gasteiger partial charge on any atom is -0.395 e. The number of para-hydroxylation sites is 1. The monoisotopic (exact) mass is 425 g/mol. The zero-order valence-corrected chi connectivity index (χ0v) is 17.4. The summed E-state index contributed by atoms with van der Waals surface area (Å²) < 4.78 is 2.06. The fourth-order valence-electron chi connectivity index (χ4n) is 3.52. The molecule has 0 saturated carbocycles. The van der Waals surface area contributed by atoms with Gasteiger partial charge in [0.1, 0.15) is 6.61 Å². The van der Waals surface area contributed by atoms with E-state index in [1.165, 1.54) is 0 Å². The first-order chi connectivity index (χ1) is 14.2. The highest BCUT2D eigenvalue weighted by molar-refractivity contribution is 8.03. The molecule has 0 aliphatic carbocycles. The molecule has 6 heteroatoms. The first-order valence-corrected chi connectivity index (χ1v) is 10.7. The molecule has 2 N–H and O–H groups in total. The minimum atomic E-state index is 0.0712. The average Bonchev–Trinajstić information content (AvgIpc) is 3.07. The summed E-state index contributed by atoms with van der Waals surface area (Å²) in [4.78, 5) is 3.23. The van der Waals surface area contributed by atoms with E-state index in [1.807, 2.05) is 42.6 Å². The number of allylic oxidation sites excluding steroid dienone is 2. The Morgan fingerprint density at radius 3 is 2.76 bits per heavy atom. The molecule has 0 amide bonds. The summed E-state index contributed by atoms with van der Waals surface area (Å²) >= 11 is 7.84. The highest BCUT2D eigenvalue weighted by Gasteiger charge is 2.24. The van der Waals surface area contributed by atoms with E-state index in [2.05, 4.69) is 39.8 Å². The van der Waals surface area contributed by atoms with Gasteiger partial charge in [-0.3, -0.25) is 0 Å². The van der Waals surface area contributed by atoms with E-state index in [-0.39, 0.29) is 13.2 Å². The third kappa shape index (κ3) is 4.19. The van der Waals surface area contributed by atoms with Crippen LogP contribution in [0.2, 0.25) is 5.02 Å². The van der Waals surface area contributed by atoms with Crippen molar-refractivity contribution in [1.82, 2.24) is 0 Å². The van der Waals surface area contributed by atoms with Crippen molar-refractivity contribution in [2.45, 2.75) is 11.4 Å². The standard InChI is InChI=1S/C23H22ClN2O2S/c24-18-8-9-22-21(16-18)26(13-15-28)23(29-22)7-3-4-17-10-11-25(12-14-27)20-6-2-1-5-19(17)20/h1-11,16,27-28H,12-15H2/q+1. The largest absolute Gasteiger partial charge is 0.395 e. The van der Waals surface area contributed by atoms with Gasteiger partial charge in [-0.15, -0.1) is 0 Å². The van der Waals surface area contributed by atoms with Crippen molar-refractivity contribution in [3.05, 3.63) is 82.5 Å². The third-order valence-electron chi connectivity index (χ3n) is 4.83. The number of aliphatic hydroxyl groups excluding tert-OH is 2. The summed E-state index contributed by atoms with van der Waals surface area (Å²) in [5, 5.41) is 21.7. The third-order valence-corrected chi connectivity index (χ3v) is 6.20. The smallest absolute Gasteiger partial charge is 0.213 e. The Morgan fingerprint density at radius 1 is 1.07 bits per heavy atom. The van der Waals surface area contributed by atoms with Crippen molar-refractivity contribution in [3.63, 3.8) is 0 Å². The molecule has 148 valence electrons. The van der Waals surface area contributed by atoms with Crippen molar-refractivity contribution < 1.29 is 14.8 Å². The Bertz CT molecular complexity index is 1100. The highest BCUT2D eigenvalue weighted by atomic mass is 35.5. The summed E-state index contributed by atoms with van der Waals surface area (Å²) in [5.41, 5.74) is 3.24. The lowest BCUT2D eigenvalue weighted by Crippen LogP contribution is -2.36. The molecule has 1 aliphatic rings. The molecule has 4 rings (SSSR count). The van der Waals surface area contributed by atoms with Crippen molar-refractivity contribution in [1.29, 1.82) is 0 Å². The van der Waals surface area contributed by atoms with Gasteiger partial charge in [0.2, 0.25) is 5.52 Å². The van der Waals surface area contributed by atoms with E-state index in [4.69, 9.17) is 11.6 Å². The van der Waals surface area contributed by atoms with Crippen molar-refractivity contribution in [2.24, 2.45) is 0 Å². The van der Waals surface area contributed by atoms with Crippen LogP contribution < -0.4 is 9.47 Å². The minimum absolute atomic E-state index is 0.0712. The first-order valence-electron chi connectivity index (χ1n) is 9.47. The fraction of sp³-hybridized carbons (Fsp3) is 0.174. The van der Waals surface area contributed by atoms with Gasteiger partial charge in [-0.05, 0) is 35.9 Å². The number of halogens is 1. The molecular weight excluding hydrogens is 404 g/mol. The fourth-order valence-corrected chi connectivity index (χ4v) is 4.77. The maximum Gasteiger partial charge on any atom is 0.213 e. The molecule has 29 heavy (non-hydrogen) atoms. The van der Waals surface area contributed by atoms with Crippen LogP contribution in [0.5, 0.6) is 0 Å². The Hall–Kier alpha value is -2.31. The molecule has 2 heterocycles. The van der Waals surface area contributed by atoms with Crippen molar-refractivity contribution >= 4 is 46.0 Å². The number of aromatic nitrogens is 1. The highest BCUT2D eigenvalue weighted by Crippen LogP contribution is 2.46. The number of nitrogens with zero attached hydrogens (tertiary/aromatic N) is 2. The Morgan fingerprint density at radius 2 is 1.93 bits per heavy atom. The van der Waals surface area contributed by atoms with Gasteiger partial charge in [0, 0.05) is 28.6 Å². The Balaban J connectivity index is 1.65. The normalized spacial score (nSPS) is 15.0. The van der Waals surface area contributed by atoms with E-state index < -0.39 is 0 Å². The quantitative estimate of drug-likeness (QED) is 0.580.